The zero-order chi connectivity index (χ0) is 13.1. The number of ether oxygens (including phenoxy) is 1. The van der Waals surface area contributed by atoms with Crippen LogP contribution in [0.2, 0.25) is 0 Å². The molecule has 0 saturated carbocycles. The van der Waals surface area contributed by atoms with E-state index in [1.54, 1.807) is 12.1 Å². The van der Waals surface area contributed by atoms with E-state index in [4.69, 9.17) is 10.00 Å². The van der Waals surface area contributed by atoms with E-state index in [-0.39, 0.29) is 0 Å². The maximum Gasteiger partial charge on any atom is 0.128 e. The van der Waals surface area contributed by atoms with Crippen molar-refractivity contribution in [2.45, 2.75) is 25.7 Å². The lowest BCUT2D eigenvalue weighted by Gasteiger charge is -2.16. The lowest BCUT2D eigenvalue weighted by atomic mass is 9.92. The van der Waals surface area contributed by atoms with Crippen molar-refractivity contribution in [2.24, 2.45) is 0 Å². The van der Waals surface area contributed by atoms with Crippen molar-refractivity contribution in [3.63, 3.8) is 0 Å². The molecule has 2 aromatic carbocycles. The number of aryl methyl sites for hydroxylation is 2. The van der Waals surface area contributed by atoms with Gasteiger partial charge in [0.2, 0.25) is 0 Å². The summed E-state index contributed by atoms with van der Waals surface area (Å²) < 4.78 is 5.84. The van der Waals surface area contributed by atoms with Crippen molar-refractivity contribution in [3.8, 4) is 17.6 Å². The first-order chi connectivity index (χ1) is 9.35. The monoisotopic (exact) mass is 249 g/mol. The lowest BCUT2D eigenvalue weighted by molar-refractivity contribution is 0.480. The zero-order valence-electron chi connectivity index (χ0n) is 10.7. The molecule has 3 rings (SSSR count). The molecular formula is C17H15NO. The molecule has 1 aliphatic carbocycles. The Labute approximate surface area is 113 Å². The predicted octanol–water partition coefficient (Wildman–Crippen LogP) is 4.23. The zero-order valence-corrected chi connectivity index (χ0v) is 10.7. The number of benzene rings is 2. The largest absolute Gasteiger partial charge is 0.457 e. The van der Waals surface area contributed by atoms with Gasteiger partial charge in [0.1, 0.15) is 11.5 Å². The molecule has 1 aliphatic rings. The van der Waals surface area contributed by atoms with Crippen LogP contribution in [0, 0.1) is 11.3 Å². The highest BCUT2D eigenvalue weighted by molar-refractivity contribution is 5.42. The van der Waals surface area contributed by atoms with Crippen molar-refractivity contribution in [3.05, 3.63) is 59.2 Å². The maximum atomic E-state index is 8.88. The Bertz CT molecular complexity index is 640. The second-order valence-electron chi connectivity index (χ2n) is 4.88. The van der Waals surface area contributed by atoms with Crippen LogP contribution < -0.4 is 4.74 Å². The summed E-state index contributed by atoms with van der Waals surface area (Å²) in [6.07, 6.45) is 4.88. The molecular weight excluding hydrogens is 234 g/mol. The molecule has 0 fully saturated rings. The second kappa shape index (κ2) is 5.16. The van der Waals surface area contributed by atoms with E-state index >= 15 is 0 Å². The lowest BCUT2D eigenvalue weighted by Crippen LogP contribution is -2.02. The fourth-order valence-corrected chi connectivity index (χ4v) is 2.54. The summed E-state index contributed by atoms with van der Waals surface area (Å²) in [6, 6.07) is 15.7. The van der Waals surface area contributed by atoms with E-state index < -0.39 is 0 Å². The van der Waals surface area contributed by atoms with Crippen LogP contribution in [0.15, 0.2) is 42.5 Å². The van der Waals surface area contributed by atoms with Gasteiger partial charge in [0.05, 0.1) is 11.6 Å². The van der Waals surface area contributed by atoms with Gasteiger partial charge in [-0.15, -0.1) is 0 Å². The van der Waals surface area contributed by atoms with Gasteiger partial charge in [-0.05, 0) is 67.1 Å². The van der Waals surface area contributed by atoms with Gasteiger partial charge in [-0.1, -0.05) is 12.1 Å². The fourth-order valence-electron chi connectivity index (χ4n) is 2.54. The Kier molecular flexibility index (Phi) is 3.20. The number of hydrogen-bond acceptors (Lipinski definition) is 2. The van der Waals surface area contributed by atoms with E-state index in [1.807, 2.05) is 18.2 Å². The van der Waals surface area contributed by atoms with Crippen LogP contribution in [0.5, 0.6) is 11.5 Å². The van der Waals surface area contributed by atoms with Crippen molar-refractivity contribution >= 4 is 0 Å². The summed E-state index contributed by atoms with van der Waals surface area (Å²) >= 11 is 0. The normalized spacial score (nSPS) is 13.4. The molecule has 0 N–H and O–H groups in total. The maximum absolute atomic E-state index is 8.88. The number of rotatable bonds is 2. The molecule has 19 heavy (non-hydrogen) atoms. The van der Waals surface area contributed by atoms with Gasteiger partial charge in [-0.2, -0.15) is 5.26 Å². The molecule has 0 saturated heterocycles. The molecule has 2 heteroatoms. The molecule has 0 heterocycles. The highest BCUT2D eigenvalue weighted by Crippen LogP contribution is 2.28. The van der Waals surface area contributed by atoms with Gasteiger partial charge in [0, 0.05) is 0 Å². The summed E-state index contributed by atoms with van der Waals surface area (Å²) in [5.41, 5.74) is 3.47. The molecule has 0 amide bonds. The molecule has 0 spiro atoms. The van der Waals surface area contributed by atoms with E-state index in [2.05, 4.69) is 18.2 Å². The number of nitrogens with zero attached hydrogens (tertiary/aromatic N) is 1. The van der Waals surface area contributed by atoms with Gasteiger partial charge in [0.15, 0.2) is 0 Å². The van der Waals surface area contributed by atoms with Crippen LogP contribution in [0.3, 0.4) is 0 Å². The predicted molar refractivity (Wildman–Crippen MR) is 74.3 cm³/mol. The topological polar surface area (TPSA) is 33.0 Å². The van der Waals surface area contributed by atoms with Gasteiger partial charge in [-0.3, -0.25) is 0 Å². The van der Waals surface area contributed by atoms with Crippen molar-refractivity contribution in [1.29, 1.82) is 5.26 Å². The van der Waals surface area contributed by atoms with Gasteiger partial charge < -0.3 is 4.74 Å². The van der Waals surface area contributed by atoms with Crippen molar-refractivity contribution in [1.82, 2.24) is 0 Å². The molecule has 0 radical (unpaired) electrons. The molecule has 2 nitrogen and oxygen atoms in total. The van der Waals surface area contributed by atoms with Crippen LogP contribution in [0.4, 0.5) is 0 Å². The van der Waals surface area contributed by atoms with Crippen LogP contribution >= 0.6 is 0 Å². The van der Waals surface area contributed by atoms with Crippen molar-refractivity contribution in [2.75, 3.05) is 0 Å². The van der Waals surface area contributed by atoms with E-state index in [9.17, 15) is 0 Å². The summed E-state index contributed by atoms with van der Waals surface area (Å²) in [5, 5.41) is 8.88. The first kappa shape index (κ1) is 11.8. The molecule has 94 valence electrons. The summed E-state index contributed by atoms with van der Waals surface area (Å²) in [6.45, 7) is 0. The standard InChI is InChI=1S/C17H15NO/c18-12-13-4-3-7-16(10-13)19-17-9-8-14-5-1-2-6-15(14)11-17/h3-4,7-11H,1-2,5-6H2. The van der Waals surface area contributed by atoms with Crippen LogP contribution in [-0.2, 0) is 12.8 Å². The molecule has 0 unspecified atom stereocenters. The SMILES string of the molecule is N#Cc1cccc(Oc2ccc3c(c2)CCCC3)c1. The minimum atomic E-state index is 0.621. The van der Waals surface area contributed by atoms with E-state index in [1.165, 1.54) is 30.4 Å². The Balaban J connectivity index is 1.85. The Morgan fingerprint density at radius 2 is 1.68 bits per heavy atom. The van der Waals surface area contributed by atoms with E-state index in [0.717, 1.165) is 17.9 Å². The van der Waals surface area contributed by atoms with Crippen LogP contribution in [0.1, 0.15) is 29.5 Å². The van der Waals surface area contributed by atoms with E-state index in [0.29, 0.717) is 5.56 Å². The Morgan fingerprint density at radius 3 is 2.53 bits per heavy atom. The van der Waals surface area contributed by atoms with Crippen LogP contribution in [-0.4, -0.2) is 0 Å². The highest BCUT2D eigenvalue weighted by Gasteiger charge is 2.10. The molecule has 0 aliphatic heterocycles. The first-order valence-corrected chi connectivity index (χ1v) is 6.65. The Hall–Kier alpha value is -2.27. The molecule has 2 aromatic rings. The quantitative estimate of drug-likeness (QED) is 0.798. The van der Waals surface area contributed by atoms with Crippen LogP contribution in [0.25, 0.3) is 0 Å². The highest BCUT2D eigenvalue weighted by atomic mass is 16.5. The van der Waals surface area contributed by atoms with Gasteiger partial charge >= 0.3 is 0 Å². The summed E-state index contributed by atoms with van der Waals surface area (Å²) in [4.78, 5) is 0. The van der Waals surface area contributed by atoms with Gasteiger partial charge in [-0.25, -0.2) is 0 Å². The Morgan fingerprint density at radius 1 is 0.895 bits per heavy atom. The minimum absolute atomic E-state index is 0.621. The van der Waals surface area contributed by atoms with Crippen molar-refractivity contribution < 1.29 is 4.74 Å². The smallest absolute Gasteiger partial charge is 0.128 e. The molecule has 0 bridgehead atoms. The average Bonchev–Trinajstić information content (AvgIpc) is 2.47. The third kappa shape index (κ3) is 2.61. The number of hydrogen-bond donors (Lipinski definition) is 0. The second-order valence-corrected chi connectivity index (χ2v) is 4.88. The first-order valence-electron chi connectivity index (χ1n) is 6.65. The van der Waals surface area contributed by atoms with Gasteiger partial charge in [0.25, 0.3) is 0 Å². The number of fused-ring (bicyclic) bond motifs is 1. The third-order valence-corrected chi connectivity index (χ3v) is 3.52. The number of nitriles is 1. The molecule has 0 aromatic heterocycles. The third-order valence-electron chi connectivity index (χ3n) is 3.52. The minimum Gasteiger partial charge on any atom is -0.457 e. The summed E-state index contributed by atoms with van der Waals surface area (Å²) in [7, 11) is 0. The average molecular weight is 249 g/mol. The summed E-state index contributed by atoms with van der Waals surface area (Å²) in [5.74, 6) is 1.57. The fraction of sp³-hybridized carbons (Fsp3) is 0.235. The molecule has 0 atom stereocenters.